The molecule has 0 spiro atoms. The first kappa shape index (κ1) is 47.1. The first-order valence-corrected chi connectivity index (χ1v) is 28.7. The second kappa shape index (κ2) is 18.4. The third-order valence-corrected chi connectivity index (χ3v) is 18.1. The van der Waals surface area contributed by atoms with Gasteiger partial charge in [0.05, 0.1) is 32.9 Å². The molecule has 0 atom stereocenters. The lowest BCUT2D eigenvalue weighted by atomic mass is 9.67. The monoisotopic (exact) mass is 1060 g/mol. The molecule has 2 heterocycles. The van der Waals surface area contributed by atoms with Gasteiger partial charge in [0.2, 0.25) is 0 Å². The molecule has 3 nitrogen and oxygen atoms in total. The Hall–Kier alpha value is -10.7. The summed E-state index contributed by atoms with van der Waals surface area (Å²) in [6.45, 7) is 0. The van der Waals surface area contributed by atoms with Crippen molar-refractivity contribution in [1.29, 1.82) is 0 Å². The summed E-state index contributed by atoms with van der Waals surface area (Å²) in [6.07, 6.45) is 0. The quantitative estimate of drug-likeness (QED) is 0.144. The van der Waals surface area contributed by atoms with E-state index >= 15 is 0 Å². The number of furan rings is 1. The molecular formula is C80H52N2O. The molecule has 0 amide bonds. The molecule has 0 radical (unpaired) electrons. The molecule has 17 rings (SSSR count). The third kappa shape index (κ3) is 6.80. The van der Waals surface area contributed by atoms with Crippen molar-refractivity contribution in [1.82, 2.24) is 4.57 Å². The fourth-order valence-corrected chi connectivity index (χ4v) is 14.8. The van der Waals surface area contributed by atoms with E-state index in [1.807, 2.05) is 0 Å². The van der Waals surface area contributed by atoms with Gasteiger partial charge in [-0.1, -0.05) is 237 Å². The summed E-state index contributed by atoms with van der Waals surface area (Å²) >= 11 is 0. The number of para-hydroxylation sites is 2. The molecule has 0 N–H and O–H groups in total. The van der Waals surface area contributed by atoms with Gasteiger partial charge in [0.25, 0.3) is 0 Å². The molecular weight excluding hydrogens is 1000 g/mol. The molecule has 2 aromatic heterocycles. The highest BCUT2D eigenvalue weighted by molar-refractivity contribution is 6.15. The highest BCUT2D eigenvalue weighted by atomic mass is 16.3. The minimum atomic E-state index is -0.608. The number of fused-ring (bicyclic) bond motifs is 12. The summed E-state index contributed by atoms with van der Waals surface area (Å²) < 4.78 is 9.37. The van der Waals surface area contributed by atoms with E-state index in [-0.39, 0.29) is 0 Å². The molecule has 0 saturated heterocycles. The van der Waals surface area contributed by atoms with Gasteiger partial charge in [0.1, 0.15) is 11.2 Å². The number of anilines is 3. The maximum absolute atomic E-state index is 6.99. The highest BCUT2D eigenvalue weighted by Crippen LogP contribution is 2.60. The maximum Gasteiger partial charge on any atom is 0.137 e. The number of nitrogens with zero attached hydrogens (tertiary/aromatic N) is 2. The number of hydrogen-bond acceptors (Lipinski definition) is 2. The summed E-state index contributed by atoms with van der Waals surface area (Å²) in [5.41, 5.74) is 24.3. The van der Waals surface area contributed by atoms with Crippen molar-refractivity contribution >= 4 is 60.8 Å². The minimum absolute atomic E-state index is 0.608. The van der Waals surface area contributed by atoms with Crippen LogP contribution in [0.15, 0.2) is 320 Å². The Morgan fingerprint density at radius 1 is 0.289 bits per heavy atom. The molecule has 0 unspecified atom stereocenters. The predicted octanol–water partition coefficient (Wildman–Crippen LogP) is 20.5. The van der Waals surface area contributed by atoms with Crippen LogP contribution in [0.1, 0.15) is 44.5 Å². The zero-order valence-electron chi connectivity index (χ0n) is 45.3. The van der Waals surface area contributed by atoms with Crippen LogP contribution in [-0.2, 0) is 10.8 Å². The van der Waals surface area contributed by atoms with Crippen molar-refractivity contribution in [2.24, 2.45) is 0 Å². The van der Waals surface area contributed by atoms with Gasteiger partial charge < -0.3 is 13.9 Å². The van der Waals surface area contributed by atoms with Crippen molar-refractivity contribution in [3.63, 3.8) is 0 Å². The second-order valence-electron chi connectivity index (χ2n) is 22.2. The minimum Gasteiger partial charge on any atom is -0.456 e. The standard InChI is InChI=1S/C80H52N2O/c1-6-23-55(24-7-1)79(56-25-8-2-9-26-56)69-36-19-16-33-62(69)64-45-43-60(51-71(64)79)81(61-44-46-65-63-34-17-20-37-70(63)80(72(65)52-61,57-27-10-3-11-28-57)58-29-12-4-13-30-58)75-39-22-40-77-78(75)68-50-54(42-48-76(68)83-77)53-41-47-74-67(49-53)66-35-18-21-38-73(66)82(74)59-31-14-5-15-32-59/h1-52H. The largest absolute Gasteiger partial charge is 0.456 e. The van der Waals surface area contributed by atoms with E-state index in [0.29, 0.717) is 0 Å². The van der Waals surface area contributed by atoms with Crippen molar-refractivity contribution in [3.8, 4) is 39.1 Å². The zero-order valence-corrected chi connectivity index (χ0v) is 45.3. The van der Waals surface area contributed by atoms with Gasteiger partial charge >= 0.3 is 0 Å². The van der Waals surface area contributed by atoms with E-state index in [1.54, 1.807) is 0 Å². The average molecular weight is 1060 g/mol. The molecule has 0 saturated carbocycles. The van der Waals surface area contributed by atoms with Crippen LogP contribution in [0.25, 0.3) is 82.8 Å². The Balaban J connectivity index is 0.932. The molecule has 0 aliphatic heterocycles. The van der Waals surface area contributed by atoms with Crippen LogP contribution in [-0.4, -0.2) is 4.57 Å². The number of aromatic nitrogens is 1. The molecule has 15 aromatic rings. The Kier molecular flexibility index (Phi) is 10.4. The van der Waals surface area contributed by atoms with Gasteiger partial charge in [-0.2, -0.15) is 0 Å². The van der Waals surface area contributed by atoms with E-state index in [2.05, 4.69) is 325 Å². The van der Waals surface area contributed by atoms with Crippen LogP contribution in [0.5, 0.6) is 0 Å². The number of hydrogen-bond donors (Lipinski definition) is 0. The highest BCUT2D eigenvalue weighted by Gasteiger charge is 2.48. The molecule has 388 valence electrons. The van der Waals surface area contributed by atoms with E-state index in [0.717, 1.165) is 55.8 Å². The summed E-state index contributed by atoms with van der Waals surface area (Å²) in [7, 11) is 0. The van der Waals surface area contributed by atoms with Gasteiger partial charge in [0, 0.05) is 33.2 Å². The van der Waals surface area contributed by atoms with E-state index in [9.17, 15) is 0 Å². The SMILES string of the molecule is c1ccc(-n2c3ccccc3c3cc(-c4ccc5oc6cccc(N(c7ccc8c(c7)C(c7ccccc7)(c7ccccc7)c7ccccc7-8)c7ccc8c(c7)C(c7ccccc7)(c7ccccc7)c7ccccc7-8)c6c5c4)ccc32)cc1. The van der Waals surface area contributed by atoms with Crippen LogP contribution in [0.3, 0.4) is 0 Å². The second-order valence-corrected chi connectivity index (χ2v) is 22.2. The van der Waals surface area contributed by atoms with E-state index in [1.165, 1.54) is 88.6 Å². The Morgan fingerprint density at radius 3 is 1.29 bits per heavy atom. The van der Waals surface area contributed by atoms with Gasteiger partial charge in [-0.25, -0.2) is 0 Å². The number of rotatable bonds is 9. The molecule has 3 heteroatoms. The summed E-state index contributed by atoms with van der Waals surface area (Å²) in [5.74, 6) is 0. The predicted molar refractivity (Wildman–Crippen MR) is 343 cm³/mol. The van der Waals surface area contributed by atoms with Crippen molar-refractivity contribution in [2.45, 2.75) is 10.8 Å². The van der Waals surface area contributed by atoms with Gasteiger partial charge in [-0.05, 0) is 157 Å². The van der Waals surface area contributed by atoms with E-state index in [4.69, 9.17) is 4.42 Å². The summed E-state index contributed by atoms with van der Waals surface area (Å²) in [4.78, 5) is 2.52. The average Bonchev–Trinajstić information content (AvgIpc) is 3.57. The molecule has 0 fully saturated rings. The lowest BCUT2D eigenvalue weighted by Gasteiger charge is -2.36. The Bertz CT molecular complexity index is 4760. The first-order chi connectivity index (χ1) is 41.2. The Morgan fingerprint density at radius 2 is 0.735 bits per heavy atom. The van der Waals surface area contributed by atoms with Crippen LogP contribution in [0, 0.1) is 0 Å². The summed E-state index contributed by atoms with van der Waals surface area (Å²) in [6, 6.07) is 117. The van der Waals surface area contributed by atoms with Crippen LogP contribution >= 0.6 is 0 Å². The fourth-order valence-electron chi connectivity index (χ4n) is 14.8. The lowest BCUT2D eigenvalue weighted by Crippen LogP contribution is -2.29. The van der Waals surface area contributed by atoms with Gasteiger partial charge in [-0.15, -0.1) is 0 Å². The third-order valence-electron chi connectivity index (χ3n) is 18.1. The lowest BCUT2D eigenvalue weighted by molar-refractivity contribution is 0.669. The summed E-state index contributed by atoms with van der Waals surface area (Å²) in [5, 5.41) is 4.54. The van der Waals surface area contributed by atoms with Crippen molar-refractivity contribution < 1.29 is 4.42 Å². The van der Waals surface area contributed by atoms with Crippen molar-refractivity contribution in [3.05, 3.63) is 360 Å². The van der Waals surface area contributed by atoms with Crippen molar-refractivity contribution in [2.75, 3.05) is 4.90 Å². The Labute approximate surface area is 481 Å². The normalized spacial score (nSPS) is 13.5. The van der Waals surface area contributed by atoms with Crippen LogP contribution in [0.2, 0.25) is 0 Å². The van der Waals surface area contributed by atoms with E-state index < -0.39 is 10.8 Å². The number of benzene rings is 13. The van der Waals surface area contributed by atoms with Gasteiger partial charge in [-0.3, -0.25) is 0 Å². The zero-order chi connectivity index (χ0) is 54.6. The maximum atomic E-state index is 6.99. The van der Waals surface area contributed by atoms with Gasteiger partial charge in [0.15, 0.2) is 0 Å². The molecule has 2 aliphatic carbocycles. The van der Waals surface area contributed by atoms with Crippen LogP contribution in [0.4, 0.5) is 17.1 Å². The van der Waals surface area contributed by atoms with Crippen LogP contribution < -0.4 is 4.90 Å². The fraction of sp³-hybridized carbons (Fsp3) is 0.0250. The molecule has 83 heavy (non-hydrogen) atoms. The smallest absolute Gasteiger partial charge is 0.137 e. The molecule has 13 aromatic carbocycles. The first-order valence-electron chi connectivity index (χ1n) is 28.7. The molecule has 0 bridgehead atoms. The molecule has 2 aliphatic rings. The topological polar surface area (TPSA) is 21.3 Å².